The second kappa shape index (κ2) is 9.41. The van der Waals surface area contributed by atoms with Crippen molar-refractivity contribution in [3.05, 3.63) is 39.9 Å². The quantitative estimate of drug-likeness (QED) is 0.219. The highest BCUT2D eigenvalue weighted by Gasteiger charge is 2.21. The van der Waals surface area contributed by atoms with Gasteiger partial charge in [0.1, 0.15) is 12.2 Å². The Bertz CT molecular complexity index is 747. The lowest BCUT2D eigenvalue weighted by Gasteiger charge is -2.18. The molecule has 10 heteroatoms. The summed E-state index contributed by atoms with van der Waals surface area (Å²) in [7, 11) is 0. The number of nitro groups is 1. The monoisotopic (exact) mass is 380 g/mol. The van der Waals surface area contributed by atoms with Gasteiger partial charge in [-0.2, -0.15) is 0 Å². The summed E-state index contributed by atoms with van der Waals surface area (Å²) in [6, 6.07) is 5.34. The SMILES string of the molecule is CC(=O)/C(=N\OCC(=O)OC(C)(C)C)C(=O)OCc1ccc([N+](=O)[O-])cc1. The number of benzene rings is 1. The van der Waals surface area contributed by atoms with Gasteiger partial charge in [0.05, 0.1) is 4.92 Å². The average molecular weight is 380 g/mol. The fourth-order valence-electron chi connectivity index (χ4n) is 1.70. The number of non-ortho nitro benzene ring substituents is 1. The molecule has 0 bridgehead atoms. The van der Waals surface area contributed by atoms with Gasteiger partial charge >= 0.3 is 11.9 Å². The fraction of sp³-hybridized carbons (Fsp3) is 0.412. The highest BCUT2D eigenvalue weighted by molar-refractivity contribution is 6.63. The number of hydrogen-bond donors (Lipinski definition) is 0. The molecule has 0 saturated carbocycles. The number of esters is 2. The molecule has 0 unspecified atom stereocenters. The highest BCUT2D eigenvalue weighted by Crippen LogP contribution is 2.12. The van der Waals surface area contributed by atoms with Crippen molar-refractivity contribution < 1.29 is 33.6 Å². The molecule has 1 aromatic carbocycles. The van der Waals surface area contributed by atoms with Crippen molar-refractivity contribution in [3.8, 4) is 0 Å². The van der Waals surface area contributed by atoms with Crippen LogP contribution in [0.5, 0.6) is 0 Å². The first kappa shape index (κ1) is 21.7. The van der Waals surface area contributed by atoms with Gasteiger partial charge in [-0.3, -0.25) is 14.9 Å². The minimum Gasteiger partial charge on any atom is -0.457 e. The van der Waals surface area contributed by atoms with Crippen LogP contribution in [-0.2, 0) is 35.3 Å². The summed E-state index contributed by atoms with van der Waals surface area (Å²) >= 11 is 0. The third-order valence-corrected chi connectivity index (χ3v) is 2.80. The van der Waals surface area contributed by atoms with Crippen LogP contribution in [0.2, 0.25) is 0 Å². The molecule has 0 aliphatic heterocycles. The third kappa shape index (κ3) is 8.08. The lowest BCUT2D eigenvalue weighted by molar-refractivity contribution is -0.384. The number of hydrogen-bond acceptors (Lipinski definition) is 9. The van der Waals surface area contributed by atoms with E-state index in [-0.39, 0.29) is 12.3 Å². The summed E-state index contributed by atoms with van der Waals surface area (Å²) in [5.74, 6) is -2.48. The van der Waals surface area contributed by atoms with E-state index >= 15 is 0 Å². The Morgan fingerprint density at radius 1 is 1.15 bits per heavy atom. The summed E-state index contributed by atoms with van der Waals surface area (Å²) in [5, 5.41) is 13.9. The van der Waals surface area contributed by atoms with Gasteiger partial charge in [0.25, 0.3) is 5.69 Å². The maximum absolute atomic E-state index is 12.0. The molecule has 0 saturated heterocycles. The van der Waals surface area contributed by atoms with Gasteiger partial charge in [-0.25, -0.2) is 9.59 Å². The number of nitrogens with zero attached hydrogens (tertiary/aromatic N) is 2. The number of carbonyl (C=O) groups excluding carboxylic acids is 3. The zero-order chi connectivity index (χ0) is 20.6. The minimum atomic E-state index is -1.05. The Morgan fingerprint density at radius 2 is 1.74 bits per heavy atom. The Morgan fingerprint density at radius 3 is 2.22 bits per heavy atom. The summed E-state index contributed by atoms with van der Waals surface area (Å²) in [4.78, 5) is 49.7. The number of ketones is 1. The van der Waals surface area contributed by atoms with E-state index in [0.717, 1.165) is 6.92 Å². The number of rotatable bonds is 8. The lowest BCUT2D eigenvalue weighted by atomic mass is 10.2. The fourth-order valence-corrected chi connectivity index (χ4v) is 1.70. The average Bonchev–Trinajstić information content (AvgIpc) is 2.55. The van der Waals surface area contributed by atoms with Crippen LogP contribution >= 0.6 is 0 Å². The van der Waals surface area contributed by atoms with Crippen molar-refractivity contribution in [3.63, 3.8) is 0 Å². The minimum absolute atomic E-state index is 0.105. The van der Waals surface area contributed by atoms with Crippen LogP contribution in [0.3, 0.4) is 0 Å². The molecule has 0 aromatic heterocycles. The van der Waals surface area contributed by atoms with E-state index in [1.165, 1.54) is 24.3 Å². The molecule has 0 radical (unpaired) electrons. The Kier molecular flexibility index (Phi) is 7.58. The molecule has 0 aliphatic carbocycles. The van der Waals surface area contributed by atoms with Crippen molar-refractivity contribution >= 4 is 29.1 Å². The Labute approximate surface area is 155 Å². The summed E-state index contributed by atoms with van der Waals surface area (Å²) in [6.07, 6.45) is 0. The highest BCUT2D eigenvalue weighted by atomic mass is 16.7. The first-order chi connectivity index (χ1) is 12.5. The van der Waals surface area contributed by atoms with Crippen LogP contribution in [0.15, 0.2) is 29.4 Å². The van der Waals surface area contributed by atoms with E-state index in [1.54, 1.807) is 20.8 Å². The number of Topliss-reactive ketones (excluding diaryl/α,β-unsaturated/α-hetero) is 1. The van der Waals surface area contributed by atoms with Gasteiger partial charge in [0.15, 0.2) is 5.78 Å². The molecule has 27 heavy (non-hydrogen) atoms. The van der Waals surface area contributed by atoms with Crippen LogP contribution in [0.4, 0.5) is 5.69 Å². The summed E-state index contributed by atoms with van der Waals surface area (Å²) < 4.78 is 9.92. The van der Waals surface area contributed by atoms with E-state index in [9.17, 15) is 24.5 Å². The molecule has 0 spiro atoms. The maximum Gasteiger partial charge on any atom is 0.364 e. The van der Waals surface area contributed by atoms with Crippen LogP contribution < -0.4 is 0 Å². The van der Waals surface area contributed by atoms with Crippen molar-refractivity contribution in [2.75, 3.05) is 6.61 Å². The van der Waals surface area contributed by atoms with E-state index in [1.807, 2.05) is 0 Å². The number of nitro benzene ring substituents is 1. The first-order valence-electron chi connectivity index (χ1n) is 7.83. The smallest absolute Gasteiger partial charge is 0.364 e. The second-order valence-corrected chi connectivity index (χ2v) is 6.36. The van der Waals surface area contributed by atoms with E-state index in [0.29, 0.717) is 5.56 Å². The first-order valence-corrected chi connectivity index (χ1v) is 7.83. The molecule has 1 rings (SSSR count). The van der Waals surface area contributed by atoms with Crippen molar-refractivity contribution in [1.29, 1.82) is 0 Å². The molecule has 10 nitrogen and oxygen atoms in total. The zero-order valence-corrected chi connectivity index (χ0v) is 15.4. The van der Waals surface area contributed by atoms with E-state index < -0.39 is 40.6 Å². The summed E-state index contributed by atoms with van der Waals surface area (Å²) in [5.41, 5.74) is -0.962. The molecule has 0 N–H and O–H groups in total. The zero-order valence-electron chi connectivity index (χ0n) is 15.4. The normalized spacial score (nSPS) is 11.5. The predicted molar refractivity (Wildman–Crippen MR) is 92.8 cm³/mol. The van der Waals surface area contributed by atoms with Gasteiger partial charge in [0, 0.05) is 19.1 Å². The number of ether oxygens (including phenoxy) is 2. The molecule has 0 heterocycles. The molecule has 0 amide bonds. The van der Waals surface area contributed by atoms with E-state index in [2.05, 4.69) is 5.16 Å². The molecule has 1 aromatic rings. The number of oxime groups is 1. The topological polar surface area (TPSA) is 134 Å². The van der Waals surface area contributed by atoms with Crippen LogP contribution in [0.25, 0.3) is 0 Å². The molecule has 0 atom stereocenters. The van der Waals surface area contributed by atoms with Crippen molar-refractivity contribution in [1.82, 2.24) is 0 Å². The van der Waals surface area contributed by atoms with Crippen LogP contribution in [0.1, 0.15) is 33.3 Å². The van der Waals surface area contributed by atoms with Gasteiger partial charge in [-0.15, -0.1) is 0 Å². The van der Waals surface area contributed by atoms with Gasteiger partial charge in [-0.1, -0.05) is 5.16 Å². The largest absolute Gasteiger partial charge is 0.457 e. The standard InChI is InChI=1S/C17H20N2O8/c1-11(20)15(18-26-10-14(21)27-17(2,3)4)16(22)25-9-12-5-7-13(8-6-12)19(23)24/h5-8H,9-10H2,1-4H3/b18-15+. The Balaban J connectivity index is 2.63. The third-order valence-electron chi connectivity index (χ3n) is 2.80. The number of carbonyl (C=O) groups is 3. The molecule has 146 valence electrons. The maximum atomic E-state index is 12.0. The van der Waals surface area contributed by atoms with Crippen molar-refractivity contribution in [2.24, 2.45) is 5.16 Å². The second-order valence-electron chi connectivity index (χ2n) is 6.36. The van der Waals surface area contributed by atoms with Crippen molar-refractivity contribution in [2.45, 2.75) is 39.9 Å². The van der Waals surface area contributed by atoms with Gasteiger partial charge in [0.2, 0.25) is 12.3 Å². The molecule has 0 aliphatic rings. The van der Waals surface area contributed by atoms with Gasteiger partial charge < -0.3 is 14.3 Å². The Hall–Kier alpha value is -3.30. The molecule has 0 fully saturated rings. The van der Waals surface area contributed by atoms with Crippen LogP contribution in [0, 0.1) is 10.1 Å². The predicted octanol–water partition coefficient (Wildman–Crippen LogP) is 1.94. The molecular formula is C17H20N2O8. The van der Waals surface area contributed by atoms with E-state index in [4.69, 9.17) is 14.3 Å². The van der Waals surface area contributed by atoms with Crippen LogP contribution in [-0.4, -0.2) is 40.6 Å². The summed E-state index contributed by atoms with van der Waals surface area (Å²) in [6.45, 7) is 5.29. The lowest BCUT2D eigenvalue weighted by Crippen LogP contribution is -2.27. The molecular weight excluding hydrogens is 360 g/mol. The van der Waals surface area contributed by atoms with Gasteiger partial charge in [-0.05, 0) is 38.5 Å².